The van der Waals surface area contributed by atoms with Gasteiger partial charge in [-0.25, -0.2) is 0 Å². The summed E-state index contributed by atoms with van der Waals surface area (Å²) in [7, 11) is 2.16. The molecule has 0 radical (unpaired) electrons. The first kappa shape index (κ1) is 13.9. The van der Waals surface area contributed by atoms with Crippen LogP contribution in [0, 0.1) is 5.92 Å². The third-order valence-corrected chi connectivity index (χ3v) is 3.48. The van der Waals surface area contributed by atoms with Crippen molar-refractivity contribution in [3.05, 3.63) is 0 Å². The van der Waals surface area contributed by atoms with Gasteiger partial charge in [-0.1, -0.05) is 0 Å². The molecule has 1 heterocycles. The van der Waals surface area contributed by atoms with E-state index in [0.29, 0.717) is 0 Å². The highest BCUT2D eigenvalue weighted by atomic mass is 16.3. The Morgan fingerprint density at radius 3 is 2.44 bits per heavy atom. The van der Waals surface area contributed by atoms with Gasteiger partial charge in [0.25, 0.3) is 0 Å². The maximum absolute atomic E-state index is 9.65. The van der Waals surface area contributed by atoms with Gasteiger partial charge in [0.1, 0.15) is 0 Å². The number of piperidine rings is 1. The Kier molecular flexibility index (Phi) is 5.73. The molecule has 0 unspecified atom stereocenters. The molecule has 96 valence electrons. The van der Waals surface area contributed by atoms with Gasteiger partial charge in [0.2, 0.25) is 0 Å². The number of hydrogen-bond donors (Lipinski definition) is 2. The lowest BCUT2D eigenvalue weighted by atomic mass is 9.94. The van der Waals surface area contributed by atoms with E-state index in [4.69, 9.17) is 0 Å². The lowest BCUT2D eigenvalue weighted by molar-refractivity contribution is 0.0600. The maximum atomic E-state index is 9.65. The van der Waals surface area contributed by atoms with Crippen molar-refractivity contribution in [3.63, 3.8) is 0 Å². The van der Waals surface area contributed by atoms with Crippen molar-refractivity contribution in [3.8, 4) is 0 Å². The van der Waals surface area contributed by atoms with Crippen molar-refractivity contribution in [1.29, 1.82) is 0 Å². The van der Waals surface area contributed by atoms with Crippen molar-refractivity contribution in [2.45, 2.75) is 45.1 Å². The lowest BCUT2D eigenvalue weighted by Gasteiger charge is -2.26. The fraction of sp³-hybridized carbons (Fsp3) is 1.00. The topological polar surface area (TPSA) is 35.5 Å². The van der Waals surface area contributed by atoms with Gasteiger partial charge in [-0.3, -0.25) is 0 Å². The highest BCUT2D eigenvalue weighted by molar-refractivity contribution is 4.71. The Bertz CT molecular complexity index is 183. The normalized spacial score (nSPS) is 19.3. The summed E-state index contributed by atoms with van der Waals surface area (Å²) in [5.74, 6) is 0.908. The zero-order valence-electron chi connectivity index (χ0n) is 11.1. The average molecular weight is 228 g/mol. The van der Waals surface area contributed by atoms with Crippen LogP contribution in [0.2, 0.25) is 0 Å². The SMILES string of the molecule is CN(CCC1CCNCC1)CCC(C)(C)O. The molecule has 0 atom stereocenters. The average Bonchev–Trinajstić information content (AvgIpc) is 2.24. The lowest BCUT2D eigenvalue weighted by Crippen LogP contribution is -2.32. The Morgan fingerprint density at radius 2 is 1.88 bits per heavy atom. The smallest absolute Gasteiger partial charge is 0.0603 e. The first-order valence-corrected chi connectivity index (χ1v) is 6.59. The number of nitrogens with zero attached hydrogens (tertiary/aromatic N) is 1. The van der Waals surface area contributed by atoms with Crippen LogP contribution in [0.25, 0.3) is 0 Å². The molecule has 1 fully saturated rings. The van der Waals surface area contributed by atoms with E-state index < -0.39 is 5.60 Å². The van der Waals surface area contributed by atoms with Crippen molar-refractivity contribution >= 4 is 0 Å². The van der Waals surface area contributed by atoms with E-state index in [0.717, 1.165) is 18.9 Å². The second-order valence-electron chi connectivity index (χ2n) is 5.85. The molecule has 1 saturated heterocycles. The van der Waals surface area contributed by atoms with Crippen LogP contribution in [0.15, 0.2) is 0 Å². The fourth-order valence-corrected chi connectivity index (χ4v) is 2.15. The summed E-state index contributed by atoms with van der Waals surface area (Å²) in [5, 5.41) is 13.0. The standard InChI is InChI=1S/C13H28N2O/c1-13(2,16)7-11-15(3)10-6-12-4-8-14-9-5-12/h12,14,16H,4-11H2,1-3H3. The van der Waals surface area contributed by atoms with E-state index in [1.54, 1.807) is 0 Å². The van der Waals surface area contributed by atoms with E-state index in [1.807, 2.05) is 13.8 Å². The molecule has 3 heteroatoms. The minimum absolute atomic E-state index is 0.525. The van der Waals surface area contributed by atoms with E-state index in [2.05, 4.69) is 17.3 Å². The van der Waals surface area contributed by atoms with Gasteiger partial charge in [0.15, 0.2) is 0 Å². The maximum Gasteiger partial charge on any atom is 0.0603 e. The molecule has 2 N–H and O–H groups in total. The van der Waals surface area contributed by atoms with Crippen molar-refractivity contribution in [2.75, 3.05) is 33.2 Å². The second-order valence-corrected chi connectivity index (χ2v) is 5.85. The van der Waals surface area contributed by atoms with E-state index in [9.17, 15) is 5.11 Å². The molecule has 16 heavy (non-hydrogen) atoms. The third kappa shape index (κ3) is 6.46. The van der Waals surface area contributed by atoms with Crippen LogP contribution in [0.4, 0.5) is 0 Å². The largest absolute Gasteiger partial charge is 0.390 e. The molecule has 1 aliphatic rings. The summed E-state index contributed by atoms with van der Waals surface area (Å²) in [5.41, 5.74) is -0.525. The fourth-order valence-electron chi connectivity index (χ4n) is 2.15. The summed E-state index contributed by atoms with van der Waals surface area (Å²) >= 11 is 0. The Morgan fingerprint density at radius 1 is 1.25 bits per heavy atom. The zero-order valence-corrected chi connectivity index (χ0v) is 11.1. The van der Waals surface area contributed by atoms with Gasteiger partial charge in [-0.05, 0) is 72.1 Å². The predicted octanol–water partition coefficient (Wildman–Crippen LogP) is 1.47. The summed E-state index contributed by atoms with van der Waals surface area (Å²) in [6, 6.07) is 0. The molecule has 0 aromatic heterocycles. The monoisotopic (exact) mass is 228 g/mol. The van der Waals surface area contributed by atoms with Crippen LogP contribution in [0.5, 0.6) is 0 Å². The predicted molar refractivity (Wildman–Crippen MR) is 68.6 cm³/mol. The molecule has 3 nitrogen and oxygen atoms in total. The molecular weight excluding hydrogens is 200 g/mol. The molecule has 0 bridgehead atoms. The van der Waals surface area contributed by atoms with Gasteiger partial charge >= 0.3 is 0 Å². The molecule has 0 aliphatic carbocycles. The molecular formula is C13H28N2O. The summed E-state index contributed by atoms with van der Waals surface area (Å²) in [6.45, 7) is 8.31. The quantitative estimate of drug-likeness (QED) is 0.722. The Balaban J connectivity index is 2.07. The molecule has 1 aliphatic heterocycles. The number of hydrogen-bond acceptors (Lipinski definition) is 3. The van der Waals surface area contributed by atoms with Crippen molar-refractivity contribution in [1.82, 2.24) is 10.2 Å². The molecule has 0 aromatic rings. The zero-order chi connectivity index (χ0) is 12.0. The summed E-state index contributed by atoms with van der Waals surface area (Å²) in [6.07, 6.45) is 4.83. The second kappa shape index (κ2) is 6.58. The van der Waals surface area contributed by atoms with Crippen molar-refractivity contribution < 1.29 is 5.11 Å². The molecule has 1 rings (SSSR count). The van der Waals surface area contributed by atoms with E-state index in [1.165, 1.54) is 38.9 Å². The number of aliphatic hydroxyl groups is 1. The Hall–Kier alpha value is -0.120. The summed E-state index contributed by atoms with van der Waals surface area (Å²) < 4.78 is 0. The van der Waals surface area contributed by atoms with Gasteiger partial charge in [-0.2, -0.15) is 0 Å². The number of nitrogens with one attached hydrogen (secondary N) is 1. The van der Waals surface area contributed by atoms with Gasteiger partial charge in [0, 0.05) is 6.54 Å². The summed E-state index contributed by atoms with van der Waals surface area (Å²) in [4.78, 5) is 2.35. The van der Waals surface area contributed by atoms with Crippen LogP contribution in [-0.4, -0.2) is 48.8 Å². The minimum Gasteiger partial charge on any atom is -0.390 e. The van der Waals surface area contributed by atoms with Crippen LogP contribution in [-0.2, 0) is 0 Å². The highest BCUT2D eigenvalue weighted by Gasteiger charge is 2.15. The molecule has 0 spiro atoms. The number of rotatable bonds is 6. The van der Waals surface area contributed by atoms with Crippen LogP contribution >= 0.6 is 0 Å². The molecule has 0 saturated carbocycles. The van der Waals surface area contributed by atoms with Gasteiger partial charge in [0.05, 0.1) is 5.60 Å². The van der Waals surface area contributed by atoms with Crippen LogP contribution in [0.3, 0.4) is 0 Å². The Labute approximate surface area is 100 Å². The van der Waals surface area contributed by atoms with E-state index in [-0.39, 0.29) is 0 Å². The molecule has 0 amide bonds. The third-order valence-electron chi connectivity index (χ3n) is 3.48. The van der Waals surface area contributed by atoms with Crippen LogP contribution in [0.1, 0.15) is 39.5 Å². The molecule has 0 aromatic carbocycles. The van der Waals surface area contributed by atoms with Crippen LogP contribution < -0.4 is 5.32 Å². The van der Waals surface area contributed by atoms with Gasteiger partial charge in [-0.15, -0.1) is 0 Å². The first-order valence-electron chi connectivity index (χ1n) is 6.59. The van der Waals surface area contributed by atoms with Gasteiger partial charge < -0.3 is 15.3 Å². The first-order chi connectivity index (χ1) is 7.47. The highest BCUT2D eigenvalue weighted by Crippen LogP contribution is 2.16. The van der Waals surface area contributed by atoms with E-state index >= 15 is 0 Å². The van der Waals surface area contributed by atoms with Crippen molar-refractivity contribution in [2.24, 2.45) is 5.92 Å². The minimum atomic E-state index is -0.525.